The van der Waals surface area contributed by atoms with Crippen LogP contribution in [0.25, 0.3) is 0 Å². The molecule has 5 fully saturated rings. The third-order valence-electron chi connectivity index (χ3n) is 7.10. The maximum Gasteiger partial charge on any atom is 0.245 e. The van der Waals surface area contributed by atoms with Crippen LogP contribution in [0.15, 0.2) is 0 Å². The van der Waals surface area contributed by atoms with E-state index in [2.05, 4.69) is 0 Å². The molecule has 4 bridgehead atoms. The van der Waals surface area contributed by atoms with Gasteiger partial charge in [-0.1, -0.05) is 0 Å². The Morgan fingerprint density at radius 1 is 1.12 bits per heavy atom. The summed E-state index contributed by atoms with van der Waals surface area (Å²) in [5.41, 5.74) is -0.160. The summed E-state index contributed by atoms with van der Waals surface area (Å²) in [4.78, 5) is 29.7. The molecule has 4 saturated carbocycles. The lowest BCUT2D eigenvalue weighted by Crippen LogP contribution is -2.57. The Balaban J connectivity index is 1.52. The van der Waals surface area contributed by atoms with Crippen LogP contribution in [0.2, 0.25) is 0 Å². The van der Waals surface area contributed by atoms with Crippen LogP contribution in [-0.2, 0) is 9.59 Å². The lowest BCUT2D eigenvalue weighted by Gasteiger charge is -2.56. The lowest BCUT2D eigenvalue weighted by molar-refractivity contribution is -0.161. The minimum Gasteiger partial charge on any atom is -0.395 e. The summed E-state index contributed by atoms with van der Waals surface area (Å²) >= 11 is 0. The number of nitrogens with zero attached hydrogens (tertiary/aromatic N) is 2. The van der Waals surface area contributed by atoms with E-state index in [0.29, 0.717) is 6.54 Å². The molecule has 1 aliphatic heterocycles. The predicted octanol–water partition coefficient (Wildman–Crippen LogP) is 1.64. The van der Waals surface area contributed by atoms with Crippen LogP contribution in [0.4, 0.5) is 0 Å². The molecule has 0 radical (unpaired) electrons. The van der Waals surface area contributed by atoms with Gasteiger partial charge in [-0.05, 0) is 69.1 Å². The number of aliphatic hydroxyl groups excluding tert-OH is 1. The number of carbonyl (C=O) groups excluding carboxylic acids is 2. The fraction of sp³-hybridized carbons (Fsp3) is 0.895. The number of aliphatic hydroxyl groups is 1. The standard InChI is InChI=1S/C19H30N2O3/c1-20(5-6-22)17(23)16-3-2-4-21(16)18(24)19-10-13-7-14(11-19)9-15(8-13)12-19/h13-16,22H,2-12H2,1H3. The van der Waals surface area contributed by atoms with E-state index in [4.69, 9.17) is 5.11 Å². The Bertz CT molecular complexity index is 497. The van der Waals surface area contributed by atoms with Gasteiger partial charge < -0.3 is 14.9 Å². The molecular weight excluding hydrogens is 304 g/mol. The monoisotopic (exact) mass is 334 g/mol. The number of rotatable bonds is 4. The van der Waals surface area contributed by atoms with Gasteiger partial charge in [0.1, 0.15) is 6.04 Å². The van der Waals surface area contributed by atoms with Gasteiger partial charge in [0, 0.05) is 20.1 Å². The number of hydrogen-bond acceptors (Lipinski definition) is 3. The fourth-order valence-electron chi connectivity index (χ4n) is 6.46. The van der Waals surface area contributed by atoms with E-state index in [1.54, 1.807) is 11.9 Å². The van der Waals surface area contributed by atoms with Crippen molar-refractivity contribution in [2.45, 2.75) is 57.4 Å². The molecule has 1 unspecified atom stereocenters. The number of carbonyl (C=O) groups is 2. The molecular formula is C19H30N2O3. The van der Waals surface area contributed by atoms with Gasteiger partial charge in [-0.15, -0.1) is 0 Å². The summed E-state index contributed by atoms with van der Waals surface area (Å²) in [5, 5.41) is 9.08. The molecule has 5 nitrogen and oxygen atoms in total. The van der Waals surface area contributed by atoms with Crippen LogP contribution in [-0.4, -0.2) is 59.5 Å². The quantitative estimate of drug-likeness (QED) is 0.850. The minimum atomic E-state index is -0.304. The SMILES string of the molecule is CN(CCO)C(=O)C1CCCN1C(=O)C12CC3CC(CC(C3)C1)C2. The van der Waals surface area contributed by atoms with Crippen molar-refractivity contribution >= 4 is 11.8 Å². The van der Waals surface area contributed by atoms with Gasteiger partial charge in [-0.2, -0.15) is 0 Å². The van der Waals surface area contributed by atoms with E-state index in [1.165, 1.54) is 19.3 Å². The molecule has 0 aromatic rings. The van der Waals surface area contributed by atoms with Crippen molar-refractivity contribution in [2.75, 3.05) is 26.7 Å². The van der Waals surface area contributed by atoms with Crippen molar-refractivity contribution in [1.82, 2.24) is 9.80 Å². The third kappa shape index (κ3) is 2.56. The highest BCUT2D eigenvalue weighted by Crippen LogP contribution is 2.60. The number of amides is 2. The molecule has 1 atom stereocenters. The molecule has 24 heavy (non-hydrogen) atoms. The molecule has 134 valence electrons. The average Bonchev–Trinajstić information content (AvgIpc) is 3.01. The van der Waals surface area contributed by atoms with Crippen LogP contribution in [0.3, 0.4) is 0 Å². The molecule has 4 aliphatic carbocycles. The zero-order valence-corrected chi connectivity index (χ0v) is 14.7. The van der Waals surface area contributed by atoms with Gasteiger partial charge in [0.05, 0.1) is 12.0 Å². The van der Waals surface area contributed by atoms with Gasteiger partial charge in [0.15, 0.2) is 0 Å². The Morgan fingerprint density at radius 2 is 1.71 bits per heavy atom. The van der Waals surface area contributed by atoms with Gasteiger partial charge >= 0.3 is 0 Å². The third-order valence-corrected chi connectivity index (χ3v) is 7.10. The van der Waals surface area contributed by atoms with E-state index in [0.717, 1.165) is 56.4 Å². The first-order valence-corrected chi connectivity index (χ1v) is 9.69. The maximum absolute atomic E-state index is 13.5. The van der Waals surface area contributed by atoms with Crippen LogP contribution < -0.4 is 0 Å². The van der Waals surface area contributed by atoms with E-state index in [-0.39, 0.29) is 29.9 Å². The van der Waals surface area contributed by atoms with E-state index < -0.39 is 0 Å². The second-order valence-corrected chi connectivity index (χ2v) is 8.84. The van der Waals surface area contributed by atoms with Crippen molar-refractivity contribution in [2.24, 2.45) is 23.2 Å². The summed E-state index contributed by atoms with van der Waals surface area (Å²) in [5.74, 6) is 2.51. The fourth-order valence-corrected chi connectivity index (χ4v) is 6.46. The van der Waals surface area contributed by atoms with Crippen LogP contribution in [0.5, 0.6) is 0 Å². The molecule has 2 amide bonds. The van der Waals surface area contributed by atoms with Crippen molar-refractivity contribution < 1.29 is 14.7 Å². The summed E-state index contributed by atoms with van der Waals surface area (Å²) in [7, 11) is 1.73. The van der Waals surface area contributed by atoms with Gasteiger partial charge in [0.25, 0.3) is 0 Å². The molecule has 0 aromatic heterocycles. The largest absolute Gasteiger partial charge is 0.395 e. The molecule has 0 spiro atoms. The molecule has 5 rings (SSSR count). The van der Waals surface area contributed by atoms with Crippen LogP contribution >= 0.6 is 0 Å². The topological polar surface area (TPSA) is 60.9 Å². The van der Waals surface area contributed by atoms with E-state index in [9.17, 15) is 9.59 Å². The molecule has 5 heteroatoms. The van der Waals surface area contributed by atoms with Crippen LogP contribution in [0, 0.1) is 23.2 Å². The Labute approximate surface area is 144 Å². The van der Waals surface area contributed by atoms with Crippen molar-refractivity contribution in [3.63, 3.8) is 0 Å². The van der Waals surface area contributed by atoms with Gasteiger partial charge in [-0.3, -0.25) is 9.59 Å². The van der Waals surface area contributed by atoms with Crippen molar-refractivity contribution in [1.29, 1.82) is 0 Å². The number of likely N-dealkylation sites (N-methyl/N-ethyl adjacent to an activating group) is 1. The van der Waals surface area contributed by atoms with Gasteiger partial charge in [-0.25, -0.2) is 0 Å². The molecule has 5 aliphatic rings. The second-order valence-electron chi connectivity index (χ2n) is 8.84. The maximum atomic E-state index is 13.5. The van der Waals surface area contributed by atoms with E-state index in [1.807, 2.05) is 4.90 Å². The summed E-state index contributed by atoms with van der Waals surface area (Å²) in [6.45, 7) is 1.04. The molecule has 1 heterocycles. The molecule has 1 N–H and O–H groups in total. The zero-order chi connectivity index (χ0) is 16.9. The van der Waals surface area contributed by atoms with Crippen molar-refractivity contribution in [3.05, 3.63) is 0 Å². The van der Waals surface area contributed by atoms with Crippen molar-refractivity contribution in [3.8, 4) is 0 Å². The number of hydrogen-bond donors (Lipinski definition) is 1. The highest BCUT2D eigenvalue weighted by atomic mass is 16.3. The van der Waals surface area contributed by atoms with Crippen LogP contribution in [0.1, 0.15) is 51.4 Å². The minimum absolute atomic E-state index is 0.000344. The molecule has 0 aromatic carbocycles. The van der Waals surface area contributed by atoms with E-state index >= 15 is 0 Å². The molecule has 1 saturated heterocycles. The lowest BCUT2D eigenvalue weighted by atomic mass is 9.49. The number of likely N-dealkylation sites (tertiary alicyclic amines) is 1. The highest BCUT2D eigenvalue weighted by molar-refractivity contribution is 5.91. The first-order valence-electron chi connectivity index (χ1n) is 9.69. The Kier molecular flexibility index (Phi) is 4.10. The first kappa shape index (κ1) is 16.4. The summed E-state index contributed by atoms with van der Waals surface area (Å²) < 4.78 is 0. The summed E-state index contributed by atoms with van der Waals surface area (Å²) in [6.07, 6.45) is 8.84. The van der Waals surface area contributed by atoms with Gasteiger partial charge in [0.2, 0.25) is 11.8 Å². The highest BCUT2D eigenvalue weighted by Gasteiger charge is 2.56. The Morgan fingerprint density at radius 3 is 2.25 bits per heavy atom. The zero-order valence-electron chi connectivity index (χ0n) is 14.7. The predicted molar refractivity (Wildman–Crippen MR) is 90.1 cm³/mol. The Hall–Kier alpha value is -1.10. The summed E-state index contributed by atoms with van der Waals surface area (Å²) in [6, 6.07) is -0.304. The first-order chi connectivity index (χ1) is 11.5. The smallest absolute Gasteiger partial charge is 0.245 e. The second kappa shape index (κ2) is 6.01. The average molecular weight is 334 g/mol. The normalized spacial score (nSPS) is 40.2.